The summed E-state index contributed by atoms with van der Waals surface area (Å²) in [5.41, 5.74) is 1.01. The maximum absolute atomic E-state index is 6.47. The predicted octanol–water partition coefficient (Wildman–Crippen LogP) is 4.63. The molecular weight excluding hydrogens is 374 g/mol. The maximum atomic E-state index is 6.47. The van der Waals surface area contributed by atoms with Gasteiger partial charge in [0.25, 0.3) is 0 Å². The standard InChI is InChI=1S/C15H15BrClNO2S/c1-2-18-15(13-3-4-14(16)21-13)9-7-11-12(8-10(9)17)20-6-5-19-11/h3-4,7-8,15,18H,2,5-6H2,1H3. The van der Waals surface area contributed by atoms with Crippen molar-refractivity contribution in [3.05, 3.63) is 43.5 Å². The van der Waals surface area contributed by atoms with E-state index in [9.17, 15) is 0 Å². The Morgan fingerprint density at radius 2 is 2.00 bits per heavy atom. The number of hydrogen-bond donors (Lipinski definition) is 1. The van der Waals surface area contributed by atoms with Gasteiger partial charge in [-0.1, -0.05) is 18.5 Å². The zero-order valence-corrected chi connectivity index (χ0v) is 14.6. The molecule has 0 fully saturated rings. The smallest absolute Gasteiger partial charge is 0.162 e. The molecule has 3 nitrogen and oxygen atoms in total. The summed E-state index contributed by atoms with van der Waals surface area (Å²) in [6, 6.07) is 8.04. The first-order chi connectivity index (χ1) is 10.2. The Kier molecular flexibility index (Phi) is 4.74. The van der Waals surface area contributed by atoms with Crippen LogP contribution in [0.15, 0.2) is 28.1 Å². The number of halogens is 2. The van der Waals surface area contributed by atoms with Gasteiger partial charge in [-0.05, 0) is 46.2 Å². The van der Waals surface area contributed by atoms with E-state index in [1.165, 1.54) is 4.88 Å². The Labute approximate surface area is 141 Å². The summed E-state index contributed by atoms with van der Waals surface area (Å²) in [5.74, 6) is 1.48. The van der Waals surface area contributed by atoms with E-state index in [-0.39, 0.29) is 6.04 Å². The van der Waals surface area contributed by atoms with Gasteiger partial charge in [0.2, 0.25) is 0 Å². The molecule has 0 radical (unpaired) electrons. The fourth-order valence-corrected chi connectivity index (χ4v) is 4.13. The monoisotopic (exact) mass is 387 g/mol. The van der Waals surface area contributed by atoms with E-state index in [2.05, 4.69) is 40.3 Å². The molecule has 1 unspecified atom stereocenters. The van der Waals surface area contributed by atoms with Crippen LogP contribution in [-0.4, -0.2) is 19.8 Å². The summed E-state index contributed by atoms with van der Waals surface area (Å²) < 4.78 is 12.4. The SMILES string of the molecule is CCNC(c1ccc(Br)s1)c1cc2c(cc1Cl)OCCO2. The number of thiophene rings is 1. The van der Waals surface area contributed by atoms with E-state index in [0.29, 0.717) is 18.2 Å². The molecule has 112 valence electrons. The topological polar surface area (TPSA) is 30.5 Å². The van der Waals surface area contributed by atoms with Crippen LogP contribution in [0, 0.1) is 0 Å². The number of ether oxygens (including phenoxy) is 2. The molecule has 21 heavy (non-hydrogen) atoms. The summed E-state index contributed by atoms with van der Waals surface area (Å²) in [6.07, 6.45) is 0. The number of hydrogen-bond acceptors (Lipinski definition) is 4. The normalized spacial score (nSPS) is 15.0. The third kappa shape index (κ3) is 3.21. The zero-order chi connectivity index (χ0) is 14.8. The van der Waals surface area contributed by atoms with Crippen molar-refractivity contribution in [2.75, 3.05) is 19.8 Å². The predicted molar refractivity (Wildman–Crippen MR) is 90.0 cm³/mol. The molecule has 1 aromatic heterocycles. The second-order valence-corrected chi connectivity index (χ2v) is 7.55. The van der Waals surface area contributed by atoms with Gasteiger partial charge in [-0.2, -0.15) is 0 Å². The van der Waals surface area contributed by atoms with Crippen LogP contribution in [0.4, 0.5) is 0 Å². The van der Waals surface area contributed by atoms with Crippen molar-refractivity contribution in [3.8, 4) is 11.5 Å². The molecule has 1 aliphatic heterocycles. The molecule has 0 saturated heterocycles. The highest BCUT2D eigenvalue weighted by Crippen LogP contribution is 2.41. The molecule has 0 amide bonds. The Balaban J connectivity index is 2.02. The molecular formula is C15H15BrClNO2S. The number of rotatable bonds is 4. The van der Waals surface area contributed by atoms with Gasteiger partial charge in [-0.15, -0.1) is 11.3 Å². The average molecular weight is 389 g/mol. The van der Waals surface area contributed by atoms with Crippen LogP contribution in [0.25, 0.3) is 0 Å². The Morgan fingerprint density at radius 1 is 1.29 bits per heavy atom. The van der Waals surface area contributed by atoms with E-state index in [4.69, 9.17) is 21.1 Å². The van der Waals surface area contributed by atoms with E-state index < -0.39 is 0 Å². The summed E-state index contributed by atoms with van der Waals surface area (Å²) in [7, 11) is 0. The van der Waals surface area contributed by atoms with Crippen LogP contribution in [0.2, 0.25) is 5.02 Å². The molecule has 1 aromatic carbocycles. The molecule has 1 N–H and O–H groups in total. The lowest BCUT2D eigenvalue weighted by atomic mass is 10.0. The van der Waals surface area contributed by atoms with Crippen molar-refractivity contribution in [3.63, 3.8) is 0 Å². The second-order valence-electron chi connectivity index (χ2n) is 4.65. The van der Waals surface area contributed by atoms with Gasteiger partial charge in [0.05, 0.1) is 9.83 Å². The minimum atomic E-state index is 0.0506. The van der Waals surface area contributed by atoms with Gasteiger partial charge in [0, 0.05) is 16.0 Å². The molecule has 1 atom stereocenters. The summed E-state index contributed by atoms with van der Waals surface area (Å²) in [5, 5.41) is 4.17. The number of benzene rings is 1. The van der Waals surface area contributed by atoms with Gasteiger partial charge >= 0.3 is 0 Å². The Bertz CT molecular complexity index is 647. The van der Waals surface area contributed by atoms with Crippen molar-refractivity contribution < 1.29 is 9.47 Å². The molecule has 0 spiro atoms. The van der Waals surface area contributed by atoms with E-state index >= 15 is 0 Å². The Hall–Kier alpha value is -0.750. The van der Waals surface area contributed by atoms with Crippen LogP contribution < -0.4 is 14.8 Å². The van der Waals surface area contributed by atoms with Crippen molar-refractivity contribution in [2.24, 2.45) is 0 Å². The minimum Gasteiger partial charge on any atom is -0.486 e. The second kappa shape index (κ2) is 6.57. The van der Waals surface area contributed by atoms with Crippen LogP contribution in [0.3, 0.4) is 0 Å². The maximum Gasteiger partial charge on any atom is 0.162 e. The Morgan fingerprint density at radius 3 is 2.62 bits per heavy atom. The van der Waals surface area contributed by atoms with Crippen molar-refractivity contribution >= 4 is 38.9 Å². The van der Waals surface area contributed by atoms with Crippen molar-refractivity contribution in [1.82, 2.24) is 5.32 Å². The third-order valence-electron chi connectivity index (χ3n) is 3.26. The molecule has 6 heteroatoms. The van der Waals surface area contributed by atoms with Crippen LogP contribution >= 0.6 is 38.9 Å². The van der Waals surface area contributed by atoms with Crippen LogP contribution in [0.1, 0.15) is 23.4 Å². The molecule has 1 aliphatic rings. The van der Waals surface area contributed by atoms with Gasteiger partial charge in [0.15, 0.2) is 11.5 Å². The highest BCUT2D eigenvalue weighted by atomic mass is 79.9. The van der Waals surface area contributed by atoms with Gasteiger partial charge in [-0.25, -0.2) is 0 Å². The first kappa shape index (κ1) is 15.2. The van der Waals surface area contributed by atoms with E-state index in [1.807, 2.05) is 12.1 Å². The first-order valence-corrected chi connectivity index (χ1v) is 8.75. The molecule has 0 bridgehead atoms. The zero-order valence-electron chi connectivity index (χ0n) is 11.5. The highest BCUT2D eigenvalue weighted by Gasteiger charge is 2.22. The quantitative estimate of drug-likeness (QED) is 0.828. The summed E-state index contributed by atoms with van der Waals surface area (Å²) in [4.78, 5) is 1.21. The molecule has 2 aromatic rings. The fourth-order valence-electron chi connectivity index (χ4n) is 2.35. The largest absolute Gasteiger partial charge is 0.486 e. The number of nitrogens with one attached hydrogen (secondary N) is 1. The van der Waals surface area contributed by atoms with Crippen LogP contribution in [-0.2, 0) is 0 Å². The molecule has 0 saturated carbocycles. The minimum absolute atomic E-state index is 0.0506. The van der Waals surface area contributed by atoms with E-state index in [0.717, 1.165) is 27.4 Å². The fraction of sp³-hybridized carbons (Fsp3) is 0.333. The lowest BCUT2D eigenvalue weighted by molar-refractivity contribution is 0.171. The van der Waals surface area contributed by atoms with Gasteiger partial charge < -0.3 is 14.8 Å². The van der Waals surface area contributed by atoms with Crippen molar-refractivity contribution in [1.29, 1.82) is 0 Å². The number of fused-ring (bicyclic) bond motifs is 1. The van der Waals surface area contributed by atoms with E-state index in [1.54, 1.807) is 11.3 Å². The highest BCUT2D eigenvalue weighted by molar-refractivity contribution is 9.11. The average Bonchev–Trinajstić information content (AvgIpc) is 2.91. The summed E-state index contributed by atoms with van der Waals surface area (Å²) >= 11 is 11.7. The van der Waals surface area contributed by atoms with Crippen LogP contribution in [0.5, 0.6) is 11.5 Å². The molecule has 3 rings (SSSR count). The van der Waals surface area contributed by atoms with Gasteiger partial charge in [0.1, 0.15) is 13.2 Å². The first-order valence-electron chi connectivity index (χ1n) is 6.76. The van der Waals surface area contributed by atoms with Gasteiger partial charge in [-0.3, -0.25) is 0 Å². The lowest BCUT2D eigenvalue weighted by Crippen LogP contribution is -2.22. The molecule has 0 aliphatic carbocycles. The lowest BCUT2D eigenvalue weighted by Gasteiger charge is -2.23. The van der Waals surface area contributed by atoms with Crippen molar-refractivity contribution in [2.45, 2.75) is 13.0 Å². The third-order valence-corrected chi connectivity index (χ3v) is 5.28. The summed E-state index contributed by atoms with van der Waals surface area (Å²) in [6.45, 7) is 4.08. The molecule has 2 heterocycles.